The fraction of sp³-hybridized carbons (Fsp3) is 0.300. The lowest BCUT2D eigenvalue weighted by atomic mass is 10.2. The van der Waals surface area contributed by atoms with Gasteiger partial charge in [-0.3, -0.25) is 9.69 Å². The predicted octanol–water partition coefficient (Wildman–Crippen LogP) is 4.79. The molecule has 0 spiro atoms. The van der Waals surface area contributed by atoms with Crippen LogP contribution in [0.25, 0.3) is 9.88 Å². The minimum absolute atomic E-state index is 0.107. The van der Waals surface area contributed by atoms with E-state index in [4.69, 9.17) is 11.6 Å². The summed E-state index contributed by atoms with van der Waals surface area (Å²) in [6.07, 6.45) is 0. The number of carbonyl (C=O) groups is 1. The van der Waals surface area contributed by atoms with Crippen LogP contribution in [-0.4, -0.2) is 46.9 Å². The first-order chi connectivity index (χ1) is 13.1. The smallest absolute Gasteiger partial charge is 0.265 e. The number of aromatic nitrogens is 1. The SMILES string of the molecule is Cc1nc(-c2cccs2)sc1C(=O)N1CCN(Cc2cccc(Cl)c2)CC1. The van der Waals surface area contributed by atoms with Crippen molar-refractivity contribution in [2.75, 3.05) is 26.2 Å². The van der Waals surface area contributed by atoms with Crippen LogP contribution in [0.15, 0.2) is 41.8 Å². The molecule has 140 valence electrons. The Labute approximate surface area is 172 Å². The molecule has 2 aromatic heterocycles. The van der Waals surface area contributed by atoms with Crippen LogP contribution in [-0.2, 0) is 6.54 Å². The number of rotatable bonds is 4. The number of benzene rings is 1. The Balaban J connectivity index is 1.39. The monoisotopic (exact) mass is 417 g/mol. The average molecular weight is 418 g/mol. The summed E-state index contributed by atoms with van der Waals surface area (Å²) >= 11 is 9.23. The molecule has 0 bridgehead atoms. The average Bonchev–Trinajstić information content (AvgIpc) is 3.31. The topological polar surface area (TPSA) is 36.4 Å². The first-order valence-electron chi connectivity index (χ1n) is 8.87. The van der Waals surface area contributed by atoms with E-state index < -0.39 is 0 Å². The fourth-order valence-corrected chi connectivity index (χ4v) is 5.29. The molecule has 4 nitrogen and oxygen atoms in total. The van der Waals surface area contributed by atoms with Gasteiger partial charge >= 0.3 is 0 Å². The maximum atomic E-state index is 13.0. The van der Waals surface area contributed by atoms with Crippen molar-refractivity contribution >= 4 is 40.2 Å². The quantitative estimate of drug-likeness (QED) is 0.612. The third kappa shape index (κ3) is 4.24. The molecule has 3 aromatic rings. The van der Waals surface area contributed by atoms with Crippen LogP contribution >= 0.6 is 34.3 Å². The molecule has 0 N–H and O–H groups in total. The van der Waals surface area contributed by atoms with Gasteiger partial charge in [0.05, 0.1) is 10.6 Å². The largest absolute Gasteiger partial charge is 0.335 e. The van der Waals surface area contributed by atoms with E-state index in [2.05, 4.69) is 16.0 Å². The third-order valence-electron chi connectivity index (χ3n) is 4.68. The van der Waals surface area contributed by atoms with Gasteiger partial charge in [-0.05, 0) is 36.1 Å². The van der Waals surface area contributed by atoms with Gasteiger partial charge in [0, 0.05) is 37.7 Å². The number of piperazine rings is 1. The van der Waals surface area contributed by atoms with Crippen LogP contribution < -0.4 is 0 Å². The summed E-state index contributed by atoms with van der Waals surface area (Å²) in [5, 5.41) is 3.74. The summed E-state index contributed by atoms with van der Waals surface area (Å²) in [4.78, 5) is 23.8. The van der Waals surface area contributed by atoms with Crippen molar-refractivity contribution < 1.29 is 4.79 Å². The van der Waals surface area contributed by atoms with Crippen molar-refractivity contribution in [1.29, 1.82) is 0 Å². The van der Waals surface area contributed by atoms with Crippen molar-refractivity contribution in [3.05, 3.63) is 62.9 Å². The van der Waals surface area contributed by atoms with Gasteiger partial charge < -0.3 is 4.90 Å². The molecule has 0 aliphatic carbocycles. The number of hydrogen-bond acceptors (Lipinski definition) is 5. The summed E-state index contributed by atoms with van der Waals surface area (Å²) in [7, 11) is 0. The second-order valence-electron chi connectivity index (χ2n) is 6.61. The molecule has 0 saturated carbocycles. The zero-order chi connectivity index (χ0) is 18.8. The van der Waals surface area contributed by atoms with Gasteiger partial charge in [0.1, 0.15) is 9.88 Å². The van der Waals surface area contributed by atoms with Crippen molar-refractivity contribution in [2.45, 2.75) is 13.5 Å². The van der Waals surface area contributed by atoms with E-state index in [9.17, 15) is 4.79 Å². The summed E-state index contributed by atoms with van der Waals surface area (Å²) in [6, 6.07) is 12.0. The number of halogens is 1. The summed E-state index contributed by atoms with van der Waals surface area (Å²) in [5.41, 5.74) is 2.04. The summed E-state index contributed by atoms with van der Waals surface area (Å²) in [5.74, 6) is 0.107. The highest BCUT2D eigenvalue weighted by Gasteiger charge is 2.25. The number of thiophene rings is 1. The molecule has 0 radical (unpaired) electrons. The van der Waals surface area contributed by atoms with Gasteiger partial charge in [0.25, 0.3) is 5.91 Å². The normalized spacial score (nSPS) is 15.3. The Kier molecular flexibility index (Phi) is 5.59. The Bertz CT molecular complexity index is 931. The van der Waals surface area contributed by atoms with Crippen LogP contribution in [0, 0.1) is 6.92 Å². The third-order valence-corrected chi connectivity index (χ3v) is 7.10. The number of hydrogen-bond donors (Lipinski definition) is 0. The summed E-state index contributed by atoms with van der Waals surface area (Å²) < 4.78 is 0. The van der Waals surface area contributed by atoms with E-state index in [1.807, 2.05) is 47.5 Å². The van der Waals surface area contributed by atoms with E-state index in [1.165, 1.54) is 16.9 Å². The van der Waals surface area contributed by atoms with Crippen LogP contribution in [0.5, 0.6) is 0 Å². The zero-order valence-electron chi connectivity index (χ0n) is 15.0. The van der Waals surface area contributed by atoms with Gasteiger partial charge in [0.2, 0.25) is 0 Å². The molecule has 1 aliphatic heterocycles. The van der Waals surface area contributed by atoms with E-state index in [-0.39, 0.29) is 5.91 Å². The maximum absolute atomic E-state index is 13.0. The maximum Gasteiger partial charge on any atom is 0.265 e. The van der Waals surface area contributed by atoms with Crippen molar-refractivity contribution in [2.24, 2.45) is 0 Å². The van der Waals surface area contributed by atoms with Crippen LogP contribution in [0.1, 0.15) is 20.9 Å². The van der Waals surface area contributed by atoms with E-state index in [1.54, 1.807) is 11.3 Å². The van der Waals surface area contributed by atoms with Gasteiger partial charge in [-0.2, -0.15) is 0 Å². The number of thiazole rings is 1. The van der Waals surface area contributed by atoms with E-state index in [0.29, 0.717) is 0 Å². The molecule has 1 aliphatic rings. The fourth-order valence-electron chi connectivity index (χ4n) is 3.25. The molecule has 0 unspecified atom stereocenters. The van der Waals surface area contributed by atoms with Gasteiger partial charge in [0.15, 0.2) is 0 Å². The first kappa shape index (κ1) is 18.6. The lowest BCUT2D eigenvalue weighted by Crippen LogP contribution is -2.48. The Morgan fingerprint density at radius 3 is 2.70 bits per heavy atom. The van der Waals surface area contributed by atoms with Gasteiger partial charge in [-0.1, -0.05) is 29.8 Å². The molecule has 7 heteroatoms. The van der Waals surface area contributed by atoms with Crippen molar-refractivity contribution in [3.8, 4) is 9.88 Å². The lowest BCUT2D eigenvalue weighted by Gasteiger charge is -2.34. The molecule has 0 atom stereocenters. The Morgan fingerprint density at radius 2 is 2.00 bits per heavy atom. The molecular formula is C20H20ClN3OS2. The number of aryl methyl sites for hydroxylation is 1. The second kappa shape index (κ2) is 8.10. The highest BCUT2D eigenvalue weighted by molar-refractivity contribution is 7.22. The van der Waals surface area contributed by atoms with Crippen LogP contribution in [0.4, 0.5) is 0 Å². The molecular weight excluding hydrogens is 398 g/mol. The zero-order valence-corrected chi connectivity index (χ0v) is 17.4. The molecule has 1 amide bonds. The molecule has 27 heavy (non-hydrogen) atoms. The number of nitrogens with zero attached hydrogens (tertiary/aromatic N) is 3. The highest BCUT2D eigenvalue weighted by atomic mass is 35.5. The predicted molar refractivity (Wildman–Crippen MR) is 113 cm³/mol. The van der Waals surface area contributed by atoms with E-state index in [0.717, 1.165) is 58.2 Å². The number of carbonyl (C=O) groups excluding carboxylic acids is 1. The number of amides is 1. The minimum Gasteiger partial charge on any atom is -0.335 e. The molecule has 1 fully saturated rings. The Morgan fingerprint density at radius 1 is 1.19 bits per heavy atom. The standard InChI is InChI=1S/C20H20ClN3OS2/c1-14-18(27-19(22-14)17-6-3-11-26-17)20(25)24-9-7-23(8-10-24)13-15-4-2-5-16(21)12-15/h2-6,11-12H,7-10,13H2,1H3. The lowest BCUT2D eigenvalue weighted by molar-refractivity contribution is 0.0632. The van der Waals surface area contributed by atoms with E-state index >= 15 is 0 Å². The minimum atomic E-state index is 0.107. The van der Waals surface area contributed by atoms with Gasteiger partial charge in [-0.15, -0.1) is 22.7 Å². The summed E-state index contributed by atoms with van der Waals surface area (Å²) in [6.45, 7) is 6.01. The Hall–Kier alpha value is -1.73. The molecule has 4 rings (SSSR count). The van der Waals surface area contributed by atoms with Crippen LogP contribution in [0.3, 0.4) is 0 Å². The van der Waals surface area contributed by atoms with Crippen molar-refractivity contribution in [3.63, 3.8) is 0 Å². The molecule has 3 heterocycles. The van der Waals surface area contributed by atoms with Crippen LogP contribution in [0.2, 0.25) is 5.02 Å². The van der Waals surface area contributed by atoms with Gasteiger partial charge in [-0.25, -0.2) is 4.98 Å². The van der Waals surface area contributed by atoms with Crippen molar-refractivity contribution in [1.82, 2.24) is 14.8 Å². The molecule has 1 aromatic carbocycles. The molecule has 1 saturated heterocycles. The highest BCUT2D eigenvalue weighted by Crippen LogP contribution is 2.31. The second-order valence-corrected chi connectivity index (χ2v) is 8.99. The first-order valence-corrected chi connectivity index (χ1v) is 10.9.